The summed E-state index contributed by atoms with van der Waals surface area (Å²) < 4.78 is 23.6. The molecule has 0 bridgehead atoms. The molecule has 1 fully saturated rings. The molecule has 1 heterocycles. The highest BCUT2D eigenvalue weighted by Gasteiger charge is 2.39. The molecule has 1 saturated carbocycles. The Morgan fingerprint density at radius 1 is 1.11 bits per heavy atom. The van der Waals surface area contributed by atoms with E-state index in [0.29, 0.717) is 24.4 Å². The van der Waals surface area contributed by atoms with Gasteiger partial charge in [0.15, 0.2) is 5.45 Å². The standard InChI is InChI=1S/C13H23N2O3P/c1-4-17-19(16,18-5-2)13-10(3)14-11-8-6-7-9-12(11)15-13/h11-12H,4-9H2,1-3H3/t11-,12+/m0/s1. The summed E-state index contributed by atoms with van der Waals surface area (Å²) in [4.78, 5) is 9.34. The maximum atomic E-state index is 12.8. The molecule has 0 radical (unpaired) electrons. The van der Waals surface area contributed by atoms with Crippen LogP contribution in [0.25, 0.3) is 0 Å². The summed E-state index contributed by atoms with van der Waals surface area (Å²) in [5.41, 5.74) is 1.16. The number of nitrogens with zero attached hydrogens (tertiary/aromatic N) is 2. The molecule has 0 aromatic heterocycles. The van der Waals surface area contributed by atoms with Gasteiger partial charge in [-0.25, -0.2) is 0 Å². The monoisotopic (exact) mass is 286 g/mol. The molecule has 5 nitrogen and oxygen atoms in total. The minimum Gasteiger partial charge on any atom is -0.304 e. The van der Waals surface area contributed by atoms with Gasteiger partial charge >= 0.3 is 7.60 Å². The van der Waals surface area contributed by atoms with Crippen molar-refractivity contribution in [3.8, 4) is 0 Å². The van der Waals surface area contributed by atoms with Gasteiger partial charge in [0, 0.05) is 0 Å². The highest BCUT2D eigenvalue weighted by atomic mass is 31.2. The van der Waals surface area contributed by atoms with Gasteiger partial charge in [-0.05, 0) is 33.6 Å². The Labute approximate surface area is 115 Å². The summed E-state index contributed by atoms with van der Waals surface area (Å²) in [5, 5.41) is 0. The van der Waals surface area contributed by atoms with Crippen LogP contribution in [-0.4, -0.2) is 36.5 Å². The molecule has 108 valence electrons. The Bertz CT molecular complexity index is 424. The first kappa shape index (κ1) is 14.9. The van der Waals surface area contributed by atoms with Crippen molar-refractivity contribution in [2.45, 2.75) is 58.5 Å². The Hall–Kier alpha value is -0.510. The van der Waals surface area contributed by atoms with E-state index >= 15 is 0 Å². The van der Waals surface area contributed by atoms with Gasteiger partial charge in [0.2, 0.25) is 0 Å². The minimum absolute atomic E-state index is 0.154. The van der Waals surface area contributed by atoms with Gasteiger partial charge in [0.05, 0.1) is 31.0 Å². The van der Waals surface area contributed by atoms with Gasteiger partial charge in [-0.1, -0.05) is 12.8 Å². The maximum Gasteiger partial charge on any atom is 0.380 e. The smallest absolute Gasteiger partial charge is 0.304 e. The number of hydrogen-bond acceptors (Lipinski definition) is 5. The van der Waals surface area contributed by atoms with Crippen LogP contribution in [0.2, 0.25) is 0 Å². The second-order valence-electron chi connectivity index (χ2n) is 4.92. The first-order valence-electron chi connectivity index (χ1n) is 7.13. The zero-order valence-corrected chi connectivity index (χ0v) is 12.9. The molecule has 1 aliphatic heterocycles. The average Bonchev–Trinajstić information content (AvgIpc) is 2.38. The van der Waals surface area contributed by atoms with Crippen LogP contribution in [0.15, 0.2) is 9.98 Å². The lowest BCUT2D eigenvalue weighted by molar-refractivity contribution is 0.232. The first-order chi connectivity index (χ1) is 9.10. The maximum absolute atomic E-state index is 12.8. The lowest BCUT2D eigenvalue weighted by atomic mass is 9.90. The molecule has 19 heavy (non-hydrogen) atoms. The third-order valence-corrected chi connectivity index (χ3v) is 5.68. The molecule has 2 rings (SSSR count). The lowest BCUT2D eigenvalue weighted by Gasteiger charge is -2.32. The van der Waals surface area contributed by atoms with Crippen molar-refractivity contribution in [1.82, 2.24) is 0 Å². The van der Waals surface area contributed by atoms with Gasteiger partial charge < -0.3 is 9.05 Å². The molecule has 1 aliphatic carbocycles. The van der Waals surface area contributed by atoms with Crippen molar-refractivity contribution >= 4 is 18.8 Å². The fraction of sp³-hybridized carbons (Fsp3) is 0.846. The molecule has 2 aliphatic rings. The molecule has 0 spiro atoms. The van der Waals surface area contributed by atoms with Crippen LogP contribution in [0.3, 0.4) is 0 Å². The SMILES string of the molecule is CCOP(=O)(OCC)C1=N[C@@H]2CCCC[C@@H]2N=C1C. The van der Waals surface area contributed by atoms with E-state index < -0.39 is 7.60 Å². The van der Waals surface area contributed by atoms with Gasteiger partial charge in [0.25, 0.3) is 0 Å². The van der Waals surface area contributed by atoms with Crippen molar-refractivity contribution in [1.29, 1.82) is 0 Å². The topological polar surface area (TPSA) is 60.2 Å². The van der Waals surface area contributed by atoms with Gasteiger partial charge in [-0.3, -0.25) is 14.5 Å². The zero-order valence-electron chi connectivity index (χ0n) is 12.0. The van der Waals surface area contributed by atoms with Crippen LogP contribution in [0.5, 0.6) is 0 Å². The zero-order chi connectivity index (χ0) is 13.9. The van der Waals surface area contributed by atoms with Gasteiger partial charge in [-0.2, -0.15) is 0 Å². The number of hydrogen-bond donors (Lipinski definition) is 0. The Kier molecular flexibility index (Phi) is 4.93. The Morgan fingerprint density at radius 3 is 2.16 bits per heavy atom. The third kappa shape index (κ3) is 3.15. The lowest BCUT2D eigenvalue weighted by Crippen LogP contribution is -2.35. The average molecular weight is 286 g/mol. The largest absolute Gasteiger partial charge is 0.380 e. The molecule has 2 atom stereocenters. The van der Waals surface area contributed by atoms with Gasteiger partial charge in [-0.15, -0.1) is 0 Å². The van der Waals surface area contributed by atoms with Crippen molar-refractivity contribution in [3.63, 3.8) is 0 Å². The Morgan fingerprint density at radius 2 is 1.63 bits per heavy atom. The molecular formula is C13H23N2O3P. The van der Waals surface area contributed by atoms with Crippen LogP contribution in [0, 0.1) is 0 Å². The normalized spacial score (nSPS) is 27.5. The minimum atomic E-state index is -3.30. The van der Waals surface area contributed by atoms with Crippen molar-refractivity contribution in [2.75, 3.05) is 13.2 Å². The number of aliphatic imine (C=N–C) groups is 2. The second-order valence-corrected chi connectivity index (χ2v) is 6.85. The summed E-state index contributed by atoms with van der Waals surface area (Å²) >= 11 is 0. The number of rotatable bonds is 5. The predicted octanol–water partition coefficient (Wildman–Crippen LogP) is 3.44. The van der Waals surface area contributed by atoms with E-state index in [1.807, 2.05) is 20.8 Å². The molecule has 0 amide bonds. The van der Waals surface area contributed by atoms with Gasteiger partial charge in [0.1, 0.15) is 0 Å². The van der Waals surface area contributed by atoms with E-state index in [2.05, 4.69) is 9.98 Å². The van der Waals surface area contributed by atoms with E-state index in [0.717, 1.165) is 12.8 Å². The summed E-state index contributed by atoms with van der Waals surface area (Å²) in [6.45, 7) is 6.17. The fourth-order valence-corrected chi connectivity index (χ4v) is 4.46. The van der Waals surface area contributed by atoms with Crippen LogP contribution in [0.4, 0.5) is 0 Å². The van der Waals surface area contributed by atoms with E-state index in [9.17, 15) is 4.57 Å². The summed E-state index contributed by atoms with van der Waals surface area (Å²) in [5.74, 6) is 0. The molecular weight excluding hydrogens is 263 g/mol. The molecule has 0 aromatic carbocycles. The fourth-order valence-electron chi connectivity index (χ4n) is 2.72. The highest BCUT2D eigenvalue weighted by molar-refractivity contribution is 7.75. The van der Waals surface area contributed by atoms with E-state index in [1.165, 1.54) is 12.8 Å². The predicted molar refractivity (Wildman–Crippen MR) is 77.4 cm³/mol. The third-order valence-electron chi connectivity index (χ3n) is 3.52. The quantitative estimate of drug-likeness (QED) is 0.727. The molecule has 0 unspecified atom stereocenters. The summed E-state index contributed by atoms with van der Waals surface area (Å²) in [6.07, 6.45) is 4.47. The summed E-state index contributed by atoms with van der Waals surface area (Å²) in [6, 6.07) is 0.413. The first-order valence-corrected chi connectivity index (χ1v) is 8.67. The van der Waals surface area contributed by atoms with Crippen molar-refractivity contribution < 1.29 is 13.6 Å². The van der Waals surface area contributed by atoms with E-state index in [-0.39, 0.29) is 12.1 Å². The van der Waals surface area contributed by atoms with Crippen LogP contribution in [0.1, 0.15) is 46.5 Å². The molecule has 0 saturated heterocycles. The van der Waals surface area contributed by atoms with Crippen LogP contribution < -0.4 is 0 Å². The van der Waals surface area contributed by atoms with Crippen LogP contribution >= 0.6 is 7.60 Å². The van der Waals surface area contributed by atoms with Crippen molar-refractivity contribution in [3.05, 3.63) is 0 Å². The molecule has 0 aromatic rings. The number of fused-ring (bicyclic) bond motifs is 1. The van der Waals surface area contributed by atoms with E-state index in [4.69, 9.17) is 9.05 Å². The molecule has 0 N–H and O–H groups in total. The highest BCUT2D eigenvalue weighted by Crippen LogP contribution is 2.51. The summed E-state index contributed by atoms with van der Waals surface area (Å²) in [7, 11) is -3.30. The second kappa shape index (κ2) is 6.29. The molecule has 6 heteroatoms. The van der Waals surface area contributed by atoms with E-state index in [1.54, 1.807) is 0 Å². The van der Waals surface area contributed by atoms with Crippen molar-refractivity contribution in [2.24, 2.45) is 9.98 Å². The van der Waals surface area contributed by atoms with Crippen LogP contribution in [-0.2, 0) is 13.6 Å². The Balaban J connectivity index is 2.28.